The minimum absolute atomic E-state index is 0.212. The number of primary amides is 1. The smallest absolute Gasteiger partial charge is 0.234 e. The van der Waals surface area contributed by atoms with Gasteiger partial charge in [-0.15, -0.1) is 0 Å². The van der Waals surface area contributed by atoms with Crippen LogP contribution in [-0.4, -0.2) is 18.0 Å². The van der Waals surface area contributed by atoms with E-state index in [9.17, 15) is 4.79 Å². The van der Waals surface area contributed by atoms with Crippen LogP contribution in [0.15, 0.2) is 28.7 Å². The van der Waals surface area contributed by atoms with Crippen molar-refractivity contribution in [3.05, 3.63) is 34.3 Å². The standard InChI is InChI=1S/C15H21BrN2O/c1-9(2)14(15(17)19)18-13-7-11(8-13)10-3-5-12(16)6-4-10/h3-6,9,11,13-14,18H,7-8H2,1-2H3,(H2,17,19). The first-order valence-electron chi connectivity index (χ1n) is 6.78. The second kappa shape index (κ2) is 6.06. The summed E-state index contributed by atoms with van der Waals surface area (Å²) in [6.45, 7) is 4.04. The molecule has 0 saturated heterocycles. The molecule has 2 rings (SSSR count). The van der Waals surface area contributed by atoms with Crippen molar-refractivity contribution in [2.75, 3.05) is 0 Å². The van der Waals surface area contributed by atoms with Crippen LogP contribution in [0.2, 0.25) is 0 Å². The van der Waals surface area contributed by atoms with Crippen LogP contribution < -0.4 is 11.1 Å². The first-order chi connectivity index (χ1) is 8.97. The van der Waals surface area contributed by atoms with Crippen molar-refractivity contribution in [2.45, 2.75) is 44.7 Å². The van der Waals surface area contributed by atoms with E-state index in [2.05, 4.69) is 45.5 Å². The first kappa shape index (κ1) is 14.5. The highest BCUT2D eigenvalue weighted by Gasteiger charge is 2.33. The van der Waals surface area contributed by atoms with Gasteiger partial charge in [-0.2, -0.15) is 0 Å². The number of nitrogens with two attached hydrogens (primary N) is 1. The highest BCUT2D eigenvalue weighted by molar-refractivity contribution is 9.10. The van der Waals surface area contributed by atoms with Crippen molar-refractivity contribution in [3.63, 3.8) is 0 Å². The second-order valence-corrected chi connectivity index (χ2v) is 6.62. The average molecular weight is 325 g/mol. The predicted octanol–water partition coefficient (Wildman–Crippen LogP) is 2.79. The van der Waals surface area contributed by atoms with Crippen LogP contribution in [0, 0.1) is 5.92 Å². The molecule has 1 fully saturated rings. The number of hydrogen-bond acceptors (Lipinski definition) is 2. The molecule has 1 aromatic carbocycles. The minimum atomic E-state index is -0.248. The Kier molecular flexibility index (Phi) is 4.63. The molecular formula is C15H21BrN2O. The van der Waals surface area contributed by atoms with Gasteiger partial charge in [-0.1, -0.05) is 41.9 Å². The highest BCUT2D eigenvalue weighted by Crippen LogP contribution is 2.37. The normalized spacial score (nSPS) is 24.0. The second-order valence-electron chi connectivity index (χ2n) is 5.71. The van der Waals surface area contributed by atoms with E-state index in [1.807, 2.05) is 13.8 Å². The molecular weight excluding hydrogens is 304 g/mol. The lowest BCUT2D eigenvalue weighted by molar-refractivity contribution is -0.121. The van der Waals surface area contributed by atoms with Crippen molar-refractivity contribution >= 4 is 21.8 Å². The number of amides is 1. The van der Waals surface area contributed by atoms with Gasteiger partial charge in [0.05, 0.1) is 6.04 Å². The zero-order valence-electron chi connectivity index (χ0n) is 11.4. The zero-order valence-corrected chi connectivity index (χ0v) is 13.0. The third kappa shape index (κ3) is 3.57. The molecule has 1 amide bonds. The van der Waals surface area contributed by atoms with Crippen molar-refractivity contribution in [1.29, 1.82) is 0 Å². The fraction of sp³-hybridized carbons (Fsp3) is 0.533. The van der Waals surface area contributed by atoms with Crippen LogP contribution in [0.4, 0.5) is 0 Å². The molecule has 0 radical (unpaired) electrons. The Morgan fingerprint density at radius 2 is 1.89 bits per heavy atom. The van der Waals surface area contributed by atoms with Crippen molar-refractivity contribution in [1.82, 2.24) is 5.32 Å². The van der Waals surface area contributed by atoms with E-state index in [1.54, 1.807) is 0 Å². The summed E-state index contributed by atoms with van der Waals surface area (Å²) in [4.78, 5) is 11.4. The summed E-state index contributed by atoms with van der Waals surface area (Å²) in [5.74, 6) is 0.595. The van der Waals surface area contributed by atoms with Gasteiger partial charge in [-0.05, 0) is 42.4 Å². The van der Waals surface area contributed by atoms with Crippen molar-refractivity contribution < 1.29 is 4.79 Å². The molecule has 0 aliphatic heterocycles. The molecule has 0 bridgehead atoms. The summed E-state index contributed by atoms with van der Waals surface area (Å²) in [7, 11) is 0. The number of hydrogen-bond donors (Lipinski definition) is 2. The van der Waals surface area contributed by atoms with Gasteiger partial charge < -0.3 is 11.1 Å². The molecule has 1 aliphatic carbocycles. The van der Waals surface area contributed by atoms with Crippen LogP contribution in [-0.2, 0) is 4.79 Å². The van der Waals surface area contributed by atoms with Gasteiger partial charge in [0, 0.05) is 10.5 Å². The van der Waals surface area contributed by atoms with Gasteiger partial charge in [0.25, 0.3) is 0 Å². The molecule has 3 nitrogen and oxygen atoms in total. The first-order valence-corrected chi connectivity index (χ1v) is 7.57. The van der Waals surface area contributed by atoms with Crippen molar-refractivity contribution in [2.24, 2.45) is 11.7 Å². The van der Waals surface area contributed by atoms with E-state index in [-0.39, 0.29) is 17.9 Å². The molecule has 0 heterocycles. The molecule has 1 unspecified atom stereocenters. The monoisotopic (exact) mass is 324 g/mol. The molecule has 1 aromatic rings. The summed E-state index contributed by atoms with van der Waals surface area (Å²) < 4.78 is 1.11. The molecule has 1 atom stereocenters. The lowest BCUT2D eigenvalue weighted by Crippen LogP contribution is -2.53. The minimum Gasteiger partial charge on any atom is -0.368 e. The fourth-order valence-corrected chi connectivity index (χ4v) is 2.88. The van der Waals surface area contributed by atoms with Crippen LogP contribution in [0.1, 0.15) is 38.2 Å². The molecule has 1 aliphatic rings. The Morgan fingerprint density at radius 3 is 2.37 bits per heavy atom. The summed E-state index contributed by atoms with van der Waals surface area (Å²) in [6, 6.07) is 8.69. The number of nitrogens with one attached hydrogen (secondary N) is 1. The fourth-order valence-electron chi connectivity index (χ4n) is 2.62. The highest BCUT2D eigenvalue weighted by atomic mass is 79.9. The molecule has 19 heavy (non-hydrogen) atoms. The van der Waals surface area contributed by atoms with Crippen LogP contribution >= 0.6 is 15.9 Å². The number of carbonyl (C=O) groups excluding carboxylic acids is 1. The van der Waals surface area contributed by atoms with Gasteiger partial charge >= 0.3 is 0 Å². The maximum absolute atomic E-state index is 11.4. The Morgan fingerprint density at radius 1 is 1.32 bits per heavy atom. The van der Waals surface area contributed by atoms with Gasteiger partial charge in [0.2, 0.25) is 5.91 Å². The van der Waals surface area contributed by atoms with Gasteiger partial charge in [-0.3, -0.25) is 4.79 Å². The SMILES string of the molecule is CC(C)C(NC1CC(c2ccc(Br)cc2)C1)C(N)=O. The van der Waals surface area contributed by atoms with Crippen LogP contribution in [0.25, 0.3) is 0 Å². The van der Waals surface area contributed by atoms with E-state index < -0.39 is 0 Å². The Bertz CT molecular complexity index is 438. The number of carbonyl (C=O) groups is 1. The molecule has 4 heteroatoms. The van der Waals surface area contributed by atoms with Gasteiger partial charge in [-0.25, -0.2) is 0 Å². The predicted molar refractivity (Wildman–Crippen MR) is 80.9 cm³/mol. The summed E-state index contributed by atoms with van der Waals surface area (Å²) >= 11 is 3.45. The molecule has 0 aromatic heterocycles. The van der Waals surface area contributed by atoms with E-state index in [0.29, 0.717) is 12.0 Å². The lowest BCUT2D eigenvalue weighted by atomic mass is 9.75. The van der Waals surface area contributed by atoms with Gasteiger partial charge in [0.1, 0.15) is 0 Å². The summed E-state index contributed by atoms with van der Waals surface area (Å²) in [5, 5.41) is 3.38. The topological polar surface area (TPSA) is 55.1 Å². The number of halogens is 1. The molecule has 1 saturated carbocycles. The van der Waals surface area contributed by atoms with Crippen LogP contribution in [0.3, 0.4) is 0 Å². The van der Waals surface area contributed by atoms with E-state index in [1.165, 1.54) is 5.56 Å². The molecule has 0 spiro atoms. The molecule has 104 valence electrons. The Balaban J connectivity index is 1.86. The lowest BCUT2D eigenvalue weighted by Gasteiger charge is -2.39. The number of rotatable bonds is 5. The molecule has 3 N–H and O–H groups in total. The Labute approximate surface area is 123 Å². The van der Waals surface area contributed by atoms with Crippen LogP contribution in [0.5, 0.6) is 0 Å². The summed E-state index contributed by atoms with van der Waals surface area (Å²) in [5.41, 5.74) is 6.80. The van der Waals surface area contributed by atoms with E-state index in [0.717, 1.165) is 17.3 Å². The third-order valence-electron chi connectivity index (χ3n) is 3.87. The zero-order chi connectivity index (χ0) is 14.0. The maximum Gasteiger partial charge on any atom is 0.234 e. The largest absolute Gasteiger partial charge is 0.368 e. The quantitative estimate of drug-likeness (QED) is 0.875. The van der Waals surface area contributed by atoms with E-state index >= 15 is 0 Å². The number of benzene rings is 1. The third-order valence-corrected chi connectivity index (χ3v) is 4.40. The van der Waals surface area contributed by atoms with Crippen molar-refractivity contribution in [3.8, 4) is 0 Å². The average Bonchev–Trinajstić information content (AvgIpc) is 2.28. The van der Waals surface area contributed by atoms with E-state index in [4.69, 9.17) is 5.73 Å². The summed E-state index contributed by atoms with van der Waals surface area (Å²) in [6.07, 6.45) is 2.16. The maximum atomic E-state index is 11.4. The van der Waals surface area contributed by atoms with Gasteiger partial charge in [0.15, 0.2) is 0 Å². The Hall–Kier alpha value is -0.870.